The molecule has 24 heavy (non-hydrogen) atoms. The van der Waals surface area contributed by atoms with E-state index in [-0.39, 0.29) is 18.2 Å². The highest BCUT2D eigenvalue weighted by atomic mass is 16.5. The lowest BCUT2D eigenvalue weighted by Crippen LogP contribution is -2.21. The molecule has 0 aliphatic rings. The van der Waals surface area contributed by atoms with Crippen molar-refractivity contribution in [1.29, 1.82) is 0 Å². The van der Waals surface area contributed by atoms with Crippen molar-refractivity contribution >= 4 is 23.2 Å². The van der Waals surface area contributed by atoms with Crippen molar-refractivity contribution in [2.24, 2.45) is 5.10 Å². The molecule has 0 saturated carbocycles. The molecule has 0 saturated heterocycles. The monoisotopic (exact) mass is 326 g/mol. The van der Waals surface area contributed by atoms with E-state index >= 15 is 0 Å². The molecule has 0 fully saturated rings. The van der Waals surface area contributed by atoms with Crippen LogP contribution in [0.5, 0.6) is 5.75 Å². The van der Waals surface area contributed by atoms with Gasteiger partial charge in [-0.1, -0.05) is 12.1 Å². The number of pyridine rings is 1. The Morgan fingerprint density at radius 3 is 2.71 bits per heavy atom. The number of anilines is 1. The Kier molecular flexibility index (Phi) is 6.01. The van der Waals surface area contributed by atoms with E-state index in [1.807, 2.05) is 6.07 Å². The number of para-hydroxylation sites is 2. The van der Waals surface area contributed by atoms with E-state index in [4.69, 9.17) is 4.74 Å². The predicted octanol–water partition coefficient (Wildman–Crippen LogP) is 2.22. The molecule has 124 valence electrons. The van der Waals surface area contributed by atoms with Crippen LogP contribution in [0.1, 0.15) is 23.7 Å². The van der Waals surface area contributed by atoms with Crippen molar-refractivity contribution in [3.05, 3.63) is 54.4 Å². The van der Waals surface area contributed by atoms with Gasteiger partial charge in [-0.3, -0.25) is 14.6 Å². The Hall–Kier alpha value is -3.22. The van der Waals surface area contributed by atoms with Crippen LogP contribution in [0.25, 0.3) is 0 Å². The number of methoxy groups -OCH3 is 1. The summed E-state index contributed by atoms with van der Waals surface area (Å²) in [5.41, 5.74) is 3.84. The van der Waals surface area contributed by atoms with E-state index in [0.29, 0.717) is 22.7 Å². The molecule has 0 radical (unpaired) electrons. The van der Waals surface area contributed by atoms with E-state index < -0.39 is 0 Å². The van der Waals surface area contributed by atoms with Crippen LogP contribution in [-0.4, -0.2) is 29.6 Å². The summed E-state index contributed by atoms with van der Waals surface area (Å²) in [5.74, 6) is -0.0608. The van der Waals surface area contributed by atoms with Crippen molar-refractivity contribution in [1.82, 2.24) is 10.4 Å². The summed E-state index contributed by atoms with van der Waals surface area (Å²) >= 11 is 0. The van der Waals surface area contributed by atoms with Gasteiger partial charge in [0, 0.05) is 18.1 Å². The first-order valence-corrected chi connectivity index (χ1v) is 7.26. The van der Waals surface area contributed by atoms with Crippen molar-refractivity contribution in [3.63, 3.8) is 0 Å². The van der Waals surface area contributed by atoms with Gasteiger partial charge < -0.3 is 10.1 Å². The number of hydrazone groups is 1. The zero-order valence-electron chi connectivity index (χ0n) is 13.4. The molecule has 0 aliphatic heterocycles. The second-order valence-corrected chi connectivity index (χ2v) is 4.95. The molecule has 2 rings (SSSR count). The van der Waals surface area contributed by atoms with Gasteiger partial charge in [0.15, 0.2) is 0 Å². The first kappa shape index (κ1) is 17.1. The molecule has 0 unspecified atom stereocenters. The third kappa shape index (κ3) is 4.91. The summed E-state index contributed by atoms with van der Waals surface area (Å²) in [6.07, 6.45) is 3.06. The van der Waals surface area contributed by atoms with Crippen molar-refractivity contribution < 1.29 is 14.3 Å². The lowest BCUT2D eigenvalue weighted by atomic mass is 10.2. The molecule has 0 bridgehead atoms. The van der Waals surface area contributed by atoms with E-state index in [9.17, 15) is 9.59 Å². The number of ether oxygens (including phenoxy) is 1. The van der Waals surface area contributed by atoms with Crippen molar-refractivity contribution in [2.45, 2.75) is 13.3 Å². The normalized spacial score (nSPS) is 10.8. The van der Waals surface area contributed by atoms with Gasteiger partial charge >= 0.3 is 0 Å². The Bertz CT molecular complexity index is 745. The third-order valence-electron chi connectivity index (χ3n) is 3.07. The topological polar surface area (TPSA) is 92.7 Å². The number of amides is 2. The van der Waals surface area contributed by atoms with Crippen LogP contribution in [0.4, 0.5) is 5.69 Å². The predicted molar refractivity (Wildman–Crippen MR) is 91.1 cm³/mol. The molecule has 7 heteroatoms. The molecule has 2 aromatic rings. The molecule has 0 atom stereocenters. The van der Waals surface area contributed by atoms with Gasteiger partial charge in [0.05, 0.1) is 24.8 Å². The average Bonchev–Trinajstić information content (AvgIpc) is 2.60. The summed E-state index contributed by atoms with van der Waals surface area (Å²) in [5, 5.41) is 6.67. The first-order valence-electron chi connectivity index (χ1n) is 7.26. The number of benzene rings is 1. The van der Waals surface area contributed by atoms with Gasteiger partial charge in [0.2, 0.25) is 5.91 Å². The molecule has 0 aliphatic carbocycles. The number of nitrogens with one attached hydrogen (secondary N) is 2. The van der Waals surface area contributed by atoms with Crippen LogP contribution in [0.15, 0.2) is 53.9 Å². The molecule has 7 nitrogen and oxygen atoms in total. The van der Waals surface area contributed by atoms with Crippen LogP contribution in [-0.2, 0) is 4.79 Å². The maximum atomic E-state index is 12.0. The van der Waals surface area contributed by atoms with E-state index in [0.717, 1.165) is 0 Å². The second-order valence-electron chi connectivity index (χ2n) is 4.95. The number of carbonyl (C=O) groups excluding carboxylic acids is 2. The minimum Gasteiger partial charge on any atom is -0.495 e. The lowest BCUT2D eigenvalue weighted by molar-refractivity contribution is -0.115. The van der Waals surface area contributed by atoms with Gasteiger partial charge in [0.25, 0.3) is 5.91 Å². The highest BCUT2D eigenvalue weighted by Crippen LogP contribution is 2.22. The van der Waals surface area contributed by atoms with Crippen LogP contribution in [0, 0.1) is 0 Å². The van der Waals surface area contributed by atoms with Crippen molar-refractivity contribution in [2.75, 3.05) is 12.4 Å². The molecule has 0 spiro atoms. The SMILES string of the molecule is COc1ccccc1NC(=O)C/C(C)=N\NC(=O)c1cccnc1. The fraction of sp³-hybridized carbons (Fsp3) is 0.176. The van der Waals surface area contributed by atoms with Crippen LogP contribution in [0.2, 0.25) is 0 Å². The van der Waals surface area contributed by atoms with E-state index in [2.05, 4.69) is 20.8 Å². The fourth-order valence-electron chi connectivity index (χ4n) is 1.92. The minimum atomic E-state index is -0.382. The van der Waals surface area contributed by atoms with Crippen LogP contribution in [0.3, 0.4) is 0 Å². The number of nitrogens with zero attached hydrogens (tertiary/aromatic N) is 2. The van der Waals surface area contributed by atoms with E-state index in [1.165, 1.54) is 13.3 Å². The molecule has 1 aromatic carbocycles. The number of aromatic nitrogens is 1. The average molecular weight is 326 g/mol. The zero-order chi connectivity index (χ0) is 17.4. The maximum Gasteiger partial charge on any atom is 0.272 e. The molecular formula is C17H18N4O3. The summed E-state index contributed by atoms with van der Waals surface area (Å²) in [6, 6.07) is 10.4. The molecule has 1 aromatic heterocycles. The fourth-order valence-corrected chi connectivity index (χ4v) is 1.92. The molecule has 2 N–H and O–H groups in total. The first-order chi connectivity index (χ1) is 11.6. The number of carbonyl (C=O) groups is 2. The molecule has 2 amide bonds. The minimum absolute atomic E-state index is 0.0470. The Balaban J connectivity index is 1.90. The number of hydrogen-bond donors (Lipinski definition) is 2. The highest BCUT2D eigenvalue weighted by Gasteiger charge is 2.09. The molecular weight excluding hydrogens is 308 g/mol. The van der Waals surface area contributed by atoms with Gasteiger partial charge in [-0.15, -0.1) is 0 Å². The summed E-state index contributed by atoms with van der Waals surface area (Å²) < 4.78 is 5.17. The maximum absolute atomic E-state index is 12.0. The Labute approximate surface area is 139 Å². The van der Waals surface area contributed by atoms with Crippen molar-refractivity contribution in [3.8, 4) is 5.75 Å². The summed E-state index contributed by atoms with van der Waals surface area (Å²) in [6.45, 7) is 1.66. The van der Waals surface area contributed by atoms with E-state index in [1.54, 1.807) is 43.5 Å². The lowest BCUT2D eigenvalue weighted by Gasteiger charge is -2.09. The van der Waals surface area contributed by atoms with Gasteiger partial charge in [-0.25, -0.2) is 5.43 Å². The van der Waals surface area contributed by atoms with Crippen LogP contribution >= 0.6 is 0 Å². The van der Waals surface area contributed by atoms with Gasteiger partial charge in [-0.05, 0) is 31.2 Å². The van der Waals surface area contributed by atoms with Gasteiger partial charge in [0.1, 0.15) is 5.75 Å². The van der Waals surface area contributed by atoms with Crippen LogP contribution < -0.4 is 15.5 Å². The summed E-state index contributed by atoms with van der Waals surface area (Å²) in [7, 11) is 1.53. The van der Waals surface area contributed by atoms with Gasteiger partial charge in [-0.2, -0.15) is 5.10 Å². The smallest absolute Gasteiger partial charge is 0.272 e. The zero-order valence-corrected chi connectivity index (χ0v) is 13.4. The molecule has 1 heterocycles. The Morgan fingerprint density at radius 2 is 2.00 bits per heavy atom. The number of rotatable bonds is 6. The highest BCUT2D eigenvalue weighted by molar-refractivity contribution is 6.06. The number of hydrogen-bond acceptors (Lipinski definition) is 5. The summed E-state index contributed by atoms with van der Waals surface area (Å²) in [4.78, 5) is 27.7. The largest absolute Gasteiger partial charge is 0.495 e. The standard InChI is InChI=1S/C17H18N4O3/c1-12(20-21-17(23)13-6-5-9-18-11-13)10-16(22)19-14-7-3-4-8-15(14)24-2/h3-9,11H,10H2,1-2H3,(H,19,22)(H,21,23)/b20-12-. The second kappa shape index (κ2) is 8.42. The quantitative estimate of drug-likeness (QED) is 0.629. The Morgan fingerprint density at radius 1 is 1.21 bits per heavy atom. The third-order valence-corrected chi connectivity index (χ3v) is 3.07.